The van der Waals surface area contributed by atoms with E-state index in [9.17, 15) is 14.4 Å². The first-order valence-electron chi connectivity index (χ1n) is 7.69. The number of ketones is 1. The highest BCUT2D eigenvalue weighted by Crippen LogP contribution is 2.11. The molecule has 6 heteroatoms. The molecule has 0 unspecified atom stereocenters. The number of hydrogen-bond acceptors (Lipinski definition) is 4. The smallest absolute Gasteiger partial charge is 0.252 e. The molecule has 1 heterocycles. The van der Waals surface area contributed by atoms with Gasteiger partial charge in [-0.1, -0.05) is 6.07 Å². The lowest BCUT2D eigenvalue weighted by Gasteiger charge is -2.06. The molecule has 0 fully saturated rings. The number of benzene rings is 1. The van der Waals surface area contributed by atoms with Gasteiger partial charge in [0, 0.05) is 29.1 Å². The van der Waals surface area contributed by atoms with Crippen molar-refractivity contribution in [3.8, 4) is 0 Å². The van der Waals surface area contributed by atoms with Gasteiger partial charge in [0.05, 0.1) is 0 Å². The third kappa shape index (κ3) is 5.39. The number of aromatic nitrogens is 1. The number of aryl methyl sites for hydroxylation is 1. The van der Waals surface area contributed by atoms with Crippen LogP contribution >= 0.6 is 0 Å². The van der Waals surface area contributed by atoms with E-state index in [2.05, 4.69) is 15.6 Å². The standard InChI is InChI=1S/C19H19N3O3/c1-12-4-9-17(20-11-12)22-19(25)13(2)10-18(24)21-16-7-5-15(6-8-16)14(3)23/h4-11H,1-3H3,(H,21,24)(H,20,22,25)/b13-10-. The molecule has 0 aliphatic rings. The molecule has 25 heavy (non-hydrogen) atoms. The summed E-state index contributed by atoms with van der Waals surface area (Å²) < 4.78 is 0. The Hall–Kier alpha value is -3.28. The monoisotopic (exact) mass is 337 g/mol. The van der Waals surface area contributed by atoms with Gasteiger partial charge in [-0.05, 0) is 56.7 Å². The van der Waals surface area contributed by atoms with Crippen LogP contribution in [0.5, 0.6) is 0 Å². The third-order valence-corrected chi connectivity index (χ3v) is 3.42. The quantitative estimate of drug-likeness (QED) is 0.648. The van der Waals surface area contributed by atoms with Crippen LogP contribution in [-0.4, -0.2) is 22.6 Å². The molecule has 1 aromatic heterocycles. The molecule has 128 valence electrons. The first-order chi connectivity index (χ1) is 11.8. The molecule has 0 aliphatic carbocycles. The van der Waals surface area contributed by atoms with Crippen LogP contribution in [0.2, 0.25) is 0 Å². The summed E-state index contributed by atoms with van der Waals surface area (Å²) in [6.07, 6.45) is 2.86. The van der Waals surface area contributed by atoms with E-state index >= 15 is 0 Å². The zero-order chi connectivity index (χ0) is 18.4. The summed E-state index contributed by atoms with van der Waals surface area (Å²) in [4.78, 5) is 39.4. The van der Waals surface area contributed by atoms with Gasteiger partial charge in [0.25, 0.3) is 5.91 Å². The molecule has 2 aromatic rings. The lowest BCUT2D eigenvalue weighted by Crippen LogP contribution is -2.16. The van der Waals surface area contributed by atoms with E-state index in [1.807, 2.05) is 13.0 Å². The molecule has 0 bridgehead atoms. The highest BCUT2D eigenvalue weighted by Gasteiger charge is 2.08. The third-order valence-electron chi connectivity index (χ3n) is 3.42. The molecule has 0 spiro atoms. The lowest BCUT2D eigenvalue weighted by molar-refractivity contribution is -0.114. The largest absolute Gasteiger partial charge is 0.323 e. The Balaban J connectivity index is 1.97. The maximum atomic E-state index is 12.1. The van der Waals surface area contributed by atoms with Gasteiger partial charge in [-0.2, -0.15) is 0 Å². The van der Waals surface area contributed by atoms with Gasteiger partial charge in [0.1, 0.15) is 5.82 Å². The zero-order valence-corrected chi connectivity index (χ0v) is 14.3. The van der Waals surface area contributed by atoms with Crippen molar-refractivity contribution in [1.29, 1.82) is 0 Å². The average Bonchev–Trinajstić information content (AvgIpc) is 2.57. The number of Topliss-reactive ketones (excluding diaryl/α,β-unsaturated/α-hetero) is 1. The Bertz CT molecular complexity index is 822. The van der Waals surface area contributed by atoms with Crippen molar-refractivity contribution in [2.45, 2.75) is 20.8 Å². The van der Waals surface area contributed by atoms with Crippen LogP contribution in [0.25, 0.3) is 0 Å². The van der Waals surface area contributed by atoms with E-state index in [1.165, 1.54) is 13.0 Å². The van der Waals surface area contributed by atoms with E-state index in [1.54, 1.807) is 43.5 Å². The van der Waals surface area contributed by atoms with Gasteiger partial charge in [0.15, 0.2) is 5.78 Å². The average molecular weight is 337 g/mol. The van der Waals surface area contributed by atoms with Crippen molar-refractivity contribution >= 4 is 29.1 Å². The minimum Gasteiger partial charge on any atom is -0.323 e. The van der Waals surface area contributed by atoms with Crippen molar-refractivity contribution in [1.82, 2.24) is 4.98 Å². The normalized spacial score (nSPS) is 10.9. The summed E-state index contributed by atoms with van der Waals surface area (Å²) >= 11 is 0. The highest BCUT2D eigenvalue weighted by molar-refractivity contribution is 6.09. The Labute approximate surface area is 146 Å². The Kier molecular flexibility index (Phi) is 5.79. The van der Waals surface area contributed by atoms with E-state index in [0.717, 1.165) is 5.56 Å². The molecule has 2 rings (SSSR count). The highest BCUT2D eigenvalue weighted by atomic mass is 16.2. The summed E-state index contributed by atoms with van der Waals surface area (Å²) in [6.45, 7) is 4.92. The number of amides is 2. The van der Waals surface area contributed by atoms with Crippen LogP contribution in [0.3, 0.4) is 0 Å². The van der Waals surface area contributed by atoms with Gasteiger partial charge < -0.3 is 10.6 Å². The number of nitrogens with zero attached hydrogens (tertiary/aromatic N) is 1. The van der Waals surface area contributed by atoms with E-state index in [0.29, 0.717) is 17.1 Å². The van der Waals surface area contributed by atoms with E-state index < -0.39 is 11.8 Å². The first-order valence-corrected chi connectivity index (χ1v) is 7.69. The molecule has 0 saturated carbocycles. The van der Waals surface area contributed by atoms with Crippen molar-refractivity contribution in [2.24, 2.45) is 0 Å². The number of rotatable bonds is 5. The van der Waals surface area contributed by atoms with Gasteiger partial charge >= 0.3 is 0 Å². The first kappa shape index (κ1) is 18.1. The van der Waals surface area contributed by atoms with Crippen molar-refractivity contribution in [3.05, 3.63) is 65.4 Å². The molecule has 0 atom stereocenters. The molecule has 0 aliphatic heterocycles. The van der Waals surface area contributed by atoms with Crippen LogP contribution in [0.4, 0.5) is 11.5 Å². The topological polar surface area (TPSA) is 88.2 Å². The van der Waals surface area contributed by atoms with Gasteiger partial charge in [-0.25, -0.2) is 4.98 Å². The van der Waals surface area contributed by atoms with E-state index in [-0.39, 0.29) is 11.4 Å². The minimum atomic E-state index is -0.430. The molecule has 0 radical (unpaired) electrons. The minimum absolute atomic E-state index is 0.0463. The second kappa shape index (κ2) is 8.01. The van der Waals surface area contributed by atoms with Crippen LogP contribution in [-0.2, 0) is 9.59 Å². The Morgan fingerprint density at radius 1 is 0.960 bits per heavy atom. The van der Waals surface area contributed by atoms with Crippen molar-refractivity contribution in [3.63, 3.8) is 0 Å². The van der Waals surface area contributed by atoms with Gasteiger partial charge in [0.2, 0.25) is 5.91 Å². The maximum Gasteiger partial charge on any atom is 0.252 e. The molecular formula is C19H19N3O3. The second-order valence-electron chi connectivity index (χ2n) is 5.63. The Morgan fingerprint density at radius 2 is 1.64 bits per heavy atom. The number of hydrogen-bond donors (Lipinski definition) is 2. The molecule has 2 amide bonds. The summed E-state index contributed by atoms with van der Waals surface area (Å²) in [5.41, 5.74) is 2.34. The summed E-state index contributed by atoms with van der Waals surface area (Å²) in [6, 6.07) is 10.0. The van der Waals surface area contributed by atoms with Crippen LogP contribution in [0.1, 0.15) is 29.8 Å². The fraction of sp³-hybridized carbons (Fsp3) is 0.158. The fourth-order valence-corrected chi connectivity index (χ4v) is 1.99. The summed E-state index contributed by atoms with van der Waals surface area (Å²) in [5, 5.41) is 5.27. The molecule has 2 N–H and O–H groups in total. The predicted molar refractivity (Wildman–Crippen MR) is 96.4 cm³/mol. The lowest BCUT2D eigenvalue weighted by atomic mass is 10.1. The number of anilines is 2. The van der Waals surface area contributed by atoms with Gasteiger partial charge in [-0.3, -0.25) is 14.4 Å². The SMILES string of the molecule is CC(=O)c1ccc(NC(=O)/C=C(/C)C(=O)Nc2ccc(C)cn2)cc1. The number of nitrogens with one attached hydrogen (secondary N) is 2. The summed E-state index contributed by atoms with van der Waals surface area (Å²) in [5.74, 6) is -0.461. The van der Waals surface area contributed by atoms with Gasteiger partial charge in [-0.15, -0.1) is 0 Å². The fourth-order valence-electron chi connectivity index (χ4n) is 1.99. The number of pyridine rings is 1. The second-order valence-corrected chi connectivity index (χ2v) is 5.63. The summed E-state index contributed by atoms with van der Waals surface area (Å²) in [7, 11) is 0. The zero-order valence-electron chi connectivity index (χ0n) is 14.3. The molecule has 6 nitrogen and oxygen atoms in total. The molecular weight excluding hydrogens is 318 g/mol. The molecule has 1 aromatic carbocycles. The van der Waals surface area contributed by atoms with Crippen LogP contribution in [0.15, 0.2) is 54.2 Å². The van der Waals surface area contributed by atoms with Crippen molar-refractivity contribution in [2.75, 3.05) is 10.6 Å². The predicted octanol–water partition coefficient (Wildman–Crippen LogP) is 3.12. The van der Waals surface area contributed by atoms with Crippen LogP contribution < -0.4 is 10.6 Å². The Morgan fingerprint density at radius 3 is 2.20 bits per heavy atom. The van der Waals surface area contributed by atoms with E-state index in [4.69, 9.17) is 0 Å². The van der Waals surface area contributed by atoms with Crippen molar-refractivity contribution < 1.29 is 14.4 Å². The van der Waals surface area contributed by atoms with Crippen LogP contribution in [0, 0.1) is 6.92 Å². The number of carbonyl (C=O) groups excluding carboxylic acids is 3. The molecule has 0 saturated heterocycles. The maximum absolute atomic E-state index is 12.1. The number of carbonyl (C=O) groups is 3.